The molecule has 2 aromatic heterocycles. The van der Waals surface area contributed by atoms with Crippen LogP contribution in [0.1, 0.15) is 47.7 Å². The Bertz CT molecular complexity index is 966. The monoisotopic (exact) mass is 397 g/mol. The van der Waals surface area contributed by atoms with Crippen molar-refractivity contribution in [2.24, 2.45) is 0 Å². The van der Waals surface area contributed by atoms with Crippen molar-refractivity contribution >= 4 is 23.2 Å². The van der Waals surface area contributed by atoms with Crippen molar-refractivity contribution in [3.05, 3.63) is 58.8 Å². The Morgan fingerprint density at radius 1 is 1.29 bits per heavy atom. The fourth-order valence-corrected chi connectivity index (χ4v) is 3.66. The molecule has 0 unspecified atom stereocenters. The summed E-state index contributed by atoms with van der Waals surface area (Å²) in [6, 6.07) is 10.9. The van der Waals surface area contributed by atoms with Crippen LogP contribution in [0.25, 0.3) is 10.8 Å². The molecule has 0 spiro atoms. The zero-order valence-corrected chi connectivity index (χ0v) is 16.1. The lowest BCUT2D eigenvalue weighted by Gasteiger charge is -2.15. The number of thiophene rings is 1. The molecule has 28 heavy (non-hydrogen) atoms. The topological polar surface area (TPSA) is 85.5 Å². The summed E-state index contributed by atoms with van der Waals surface area (Å²) >= 11 is 1.50. The predicted octanol–water partition coefficient (Wildman–Crippen LogP) is 3.84. The summed E-state index contributed by atoms with van der Waals surface area (Å²) < 4.78 is 11.1. The molecule has 1 saturated heterocycles. The van der Waals surface area contributed by atoms with Gasteiger partial charge in [0.1, 0.15) is 0 Å². The van der Waals surface area contributed by atoms with E-state index in [1.165, 1.54) is 11.3 Å². The van der Waals surface area contributed by atoms with E-state index in [0.29, 0.717) is 24.4 Å². The zero-order valence-electron chi connectivity index (χ0n) is 15.3. The molecule has 0 N–H and O–H groups in total. The molecular weight excluding hydrogens is 378 g/mol. The number of rotatable bonds is 6. The molecule has 3 aromatic rings. The second-order valence-electron chi connectivity index (χ2n) is 6.59. The van der Waals surface area contributed by atoms with Crippen LogP contribution in [-0.2, 0) is 16.1 Å². The largest absolute Gasteiger partial charge is 0.449 e. The summed E-state index contributed by atoms with van der Waals surface area (Å²) in [4.78, 5) is 26.8. The number of hydrogen-bond donors (Lipinski definition) is 0. The van der Waals surface area contributed by atoms with E-state index in [4.69, 9.17) is 9.15 Å². The maximum Gasteiger partial charge on any atom is 0.338 e. The molecule has 0 bridgehead atoms. The van der Waals surface area contributed by atoms with Gasteiger partial charge in [0.25, 0.3) is 11.8 Å². The van der Waals surface area contributed by atoms with E-state index >= 15 is 0 Å². The van der Waals surface area contributed by atoms with E-state index in [2.05, 4.69) is 10.2 Å². The maximum atomic E-state index is 12.4. The van der Waals surface area contributed by atoms with Gasteiger partial charge in [-0.2, -0.15) is 0 Å². The lowest BCUT2D eigenvalue weighted by Crippen LogP contribution is -2.23. The van der Waals surface area contributed by atoms with Crippen molar-refractivity contribution in [1.29, 1.82) is 0 Å². The number of benzene rings is 1. The Labute approximate surface area is 165 Å². The number of carbonyl (C=O) groups excluding carboxylic acids is 2. The first-order valence-corrected chi connectivity index (χ1v) is 9.93. The van der Waals surface area contributed by atoms with Crippen LogP contribution >= 0.6 is 11.3 Å². The summed E-state index contributed by atoms with van der Waals surface area (Å²) in [6.07, 6.45) is 0.868. The highest BCUT2D eigenvalue weighted by molar-refractivity contribution is 7.13. The Morgan fingerprint density at radius 2 is 2.11 bits per heavy atom. The minimum atomic E-state index is -0.657. The van der Waals surface area contributed by atoms with E-state index in [9.17, 15) is 9.59 Å². The summed E-state index contributed by atoms with van der Waals surface area (Å²) in [6.45, 7) is 3.05. The molecule has 4 rings (SSSR count). The number of aromatic nitrogens is 2. The summed E-state index contributed by atoms with van der Waals surface area (Å²) in [5.41, 5.74) is 1.42. The first kappa shape index (κ1) is 18.4. The van der Waals surface area contributed by atoms with Crippen LogP contribution in [0, 0.1) is 0 Å². The molecule has 1 aliphatic rings. The summed E-state index contributed by atoms with van der Waals surface area (Å²) in [7, 11) is 0. The fourth-order valence-electron chi connectivity index (χ4n) is 3.02. The van der Waals surface area contributed by atoms with Gasteiger partial charge in [0.2, 0.25) is 5.91 Å². The molecule has 1 fully saturated rings. The average molecular weight is 397 g/mol. The molecule has 7 nitrogen and oxygen atoms in total. The third-order valence-corrected chi connectivity index (χ3v) is 5.40. The highest BCUT2D eigenvalue weighted by atomic mass is 32.1. The first-order valence-electron chi connectivity index (χ1n) is 9.05. The van der Waals surface area contributed by atoms with Crippen LogP contribution in [0.15, 0.2) is 46.2 Å². The van der Waals surface area contributed by atoms with Crippen LogP contribution < -0.4 is 0 Å². The Kier molecular flexibility index (Phi) is 5.21. The quantitative estimate of drug-likeness (QED) is 0.588. The lowest BCUT2D eigenvalue weighted by atomic mass is 10.1. The van der Waals surface area contributed by atoms with Gasteiger partial charge >= 0.3 is 5.97 Å². The Morgan fingerprint density at radius 3 is 2.79 bits per heavy atom. The third kappa shape index (κ3) is 3.96. The molecule has 3 heterocycles. The van der Waals surface area contributed by atoms with Crippen LogP contribution in [0.4, 0.5) is 0 Å². The highest BCUT2D eigenvalue weighted by Gasteiger charge is 2.22. The van der Waals surface area contributed by atoms with Crippen molar-refractivity contribution in [2.45, 2.75) is 32.4 Å². The van der Waals surface area contributed by atoms with Crippen molar-refractivity contribution in [1.82, 2.24) is 15.1 Å². The van der Waals surface area contributed by atoms with Gasteiger partial charge in [0.05, 0.1) is 10.4 Å². The number of nitrogens with zero attached hydrogens (tertiary/aromatic N) is 3. The van der Waals surface area contributed by atoms with Crippen LogP contribution in [0.2, 0.25) is 0 Å². The summed E-state index contributed by atoms with van der Waals surface area (Å²) in [5.74, 6) is 0.376. The molecule has 1 aromatic carbocycles. The molecule has 1 atom stereocenters. The van der Waals surface area contributed by atoms with Crippen LogP contribution in [0.3, 0.4) is 0 Å². The van der Waals surface area contributed by atoms with Gasteiger partial charge < -0.3 is 14.1 Å². The van der Waals surface area contributed by atoms with E-state index < -0.39 is 12.1 Å². The molecule has 0 saturated carbocycles. The smallest absolute Gasteiger partial charge is 0.338 e. The minimum absolute atomic E-state index is 0.179. The van der Waals surface area contributed by atoms with Crippen molar-refractivity contribution in [3.63, 3.8) is 0 Å². The van der Waals surface area contributed by atoms with Crippen molar-refractivity contribution < 1.29 is 18.7 Å². The average Bonchev–Trinajstić information content (AvgIpc) is 3.44. The van der Waals surface area contributed by atoms with Gasteiger partial charge in [0, 0.05) is 19.5 Å². The SMILES string of the molecule is C[C@H](OC(=O)c1ccc(CN2CCCC2=O)cc1)c1nnc(-c2cccs2)o1. The van der Waals surface area contributed by atoms with Gasteiger partial charge in [-0.25, -0.2) is 4.79 Å². The Balaban J connectivity index is 1.37. The molecule has 1 amide bonds. The lowest BCUT2D eigenvalue weighted by molar-refractivity contribution is -0.128. The molecule has 8 heteroatoms. The molecule has 1 aliphatic heterocycles. The van der Waals surface area contributed by atoms with Crippen LogP contribution in [0.5, 0.6) is 0 Å². The number of amides is 1. The number of ether oxygens (including phenoxy) is 1. The standard InChI is InChI=1S/C20H19N3O4S/c1-13(18-21-22-19(27-18)16-4-3-11-28-16)26-20(25)15-8-6-14(7-9-15)12-23-10-2-5-17(23)24/h3-4,6-9,11,13H,2,5,10,12H2,1H3/t13-/m0/s1. The number of likely N-dealkylation sites (tertiary alicyclic amines) is 1. The predicted molar refractivity (Wildman–Crippen MR) is 103 cm³/mol. The summed E-state index contributed by atoms with van der Waals surface area (Å²) in [5, 5.41) is 9.89. The van der Waals surface area contributed by atoms with E-state index in [-0.39, 0.29) is 11.8 Å². The van der Waals surface area contributed by atoms with Gasteiger partial charge in [0.15, 0.2) is 6.10 Å². The van der Waals surface area contributed by atoms with E-state index in [1.54, 1.807) is 19.1 Å². The van der Waals surface area contributed by atoms with Crippen LogP contribution in [-0.4, -0.2) is 33.5 Å². The van der Waals surface area contributed by atoms with Gasteiger partial charge in [-0.15, -0.1) is 21.5 Å². The van der Waals surface area contributed by atoms with Gasteiger partial charge in [-0.1, -0.05) is 18.2 Å². The fraction of sp³-hybridized carbons (Fsp3) is 0.300. The van der Waals surface area contributed by atoms with Crippen molar-refractivity contribution in [3.8, 4) is 10.8 Å². The zero-order chi connectivity index (χ0) is 19.5. The minimum Gasteiger partial charge on any atom is -0.449 e. The van der Waals surface area contributed by atoms with E-state index in [1.807, 2.05) is 34.5 Å². The molecule has 0 radical (unpaired) electrons. The third-order valence-electron chi connectivity index (χ3n) is 4.54. The second kappa shape index (κ2) is 7.93. The Hall–Kier alpha value is -3.00. The maximum absolute atomic E-state index is 12.4. The second-order valence-corrected chi connectivity index (χ2v) is 7.53. The number of hydrogen-bond acceptors (Lipinski definition) is 7. The normalized spacial score (nSPS) is 15.0. The molecular formula is C20H19N3O4S. The van der Waals surface area contributed by atoms with E-state index in [0.717, 1.165) is 23.4 Å². The first-order chi connectivity index (χ1) is 13.6. The van der Waals surface area contributed by atoms with Gasteiger partial charge in [-0.05, 0) is 42.5 Å². The number of carbonyl (C=O) groups is 2. The molecule has 0 aliphatic carbocycles. The highest BCUT2D eigenvalue weighted by Crippen LogP contribution is 2.26. The molecule has 144 valence electrons. The number of esters is 1. The van der Waals surface area contributed by atoms with Gasteiger partial charge in [-0.3, -0.25) is 4.79 Å². The van der Waals surface area contributed by atoms with Crippen molar-refractivity contribution in [2.75, 3.05) is 6.54 Å².